The number of aryl methyl sites for hydroxylation is 1. The first kappa shape index (κ1) is 14.8. The van der Waals surface area contributed by atoms with Gasteiger partial charge in [0.2, 0.25) is 0 Å². The van der Waals surface area contributed by atoms with Crippen LogP contribution in [-0.2, 0) is 5.88 Å². The van der Waals surface area contributed by atoms with E-state index in [1.54, 1.807) is 0 Å². The molecule has 96 valence electrons. The molecule has 0 saturated heterocycles. The quantitative estimate of drug-likeness (QED) is 0.645. The first-order valence-electron chi connectivity index (χ1n) is 6.06. The first-order valence-corrected chi connectivity index (χ1v) is 7.39. The molecule has 0 aromatic heterocycles. The minimum atomic E-state index is 0.484. The second-order valence-corrected chi connectivity index (χ2v) is 5.73. The Hall–Kier alpha value is -0.210. The second kappa shape index (κ2) is 7.27. The van der Waals surface area contributed by atoms with Gasteiger partial charge >= 0.3 is 0 Å². The Bertz CT molecular complexity index is 365. The summed E-state index contributed by atoms with van der Waals surface area (Å²) in [5, 5.41) is 0. The molecule has 1 aromatic carbocycles. The van der Waals surface area contributed by atoms with E-state index >= 15 is 0 Å². The Labute approximate surface area is 118 Å². The lowest BCUT2D eigenvalue weighted by molar-refractivity contribution is 0.248. The van der Waals surface area contributed by atoms with Crippen LogP contribution in [0, 0.1) is 12.8 Å². The third-order valence-electron chi connectivity index (χ3n) is 2.75. The summed E-state index contributed by atoms with van der Waals surface area (Å²) in [6, 6.07) is 4.09. The summed E-state index contributed by atoms with van der Waals surface area (Å²) >= 11 is 9.43. The Morgan fingerprint density at radius 1 is 1.41 bits per heavy atom. The normalized spacial score (nSPS) is 12.5. The molecule has 1 nitrogen and oxygen atoms in total. The molecule has 0 amide bonds. The van der Waals surface area contributed by atoms with Crippen molar-refractivity contribution in [3.8, 4) is 5.75 Å². The minimum Gasteiger partial charge on any atom is -0.493 e. The summed E-state index contributed by atoms with van der Waals surface area (Å²) in [6.45, 7) is 7.24. The van der Waals surface area contributed by atoms with Gasteiger partial charge in [-0.1, -0.05) is 36.2 Å². The lowest BCUT2D eigenvalue weighted by Crippen LogP contribution is -2.10. The van der Waals surface area contributed by atoms with Gasteiger partial charge in [-0.2, -0.15) is 0 Å². The van der Waals surface area contributed by atoms with E-state index in [9.17, 15) is 0 Å². The topological polar surface area (TPSA) is 9.23 Å². The van der Waals surface area contributed by atoms with Gasteiger partial charge in [-0.25, -0.2) is 0 Å². The van der Waals surface area contributed by atoms with Crippen LogP contribution in [0.2, 0.25) is 0 Å². The van der Waals surface area contributed by atoms with Crippen LogP contribution in [0.4, 0.5) is 0 Å². The maximum absolute atomic E-state index is 5.95. The van der Waals surface area contributed by atoms with Crippen LogP contribution in [0.5, 0.6) is 5.75 Å². The highest BCUT2D eigenvalue weighted by Gasteiger charge is 2.10. The van der Waals surface area contributed by atoms with Gasteiger partial charge < -0.3 is 4.74 Å². The fourth-order valence-electron chi connectivity index (χ4n) is 1.91. The van der Waals surface area contributed by atoms with Gasteiger partial charge in [-0.15, -0.1) is 11.6 Å². The average molecular weight is 320 g/mol. The number of hydrogen-bond acceptors (Lipinski definition) is 1. The van der Waals surface area contributed by atoms with Crippen molar-refractivity contribution in [1.82, 2.24) is 0 Å². The standard InChI is InChI=1S/C14H20BrClO/c1-4-5-10(2)9-17-14-11(3)6-13(15)7-12(14)8-16/h6-7,10H,4-5,8-9H2,1-3H3. The molecule has 1 aromatic rings. The third-order valence-corrected chi connectivity index (χ3v) is 3.50. The van der Waals surface area contributed by atoms with Crippen molar-refractivity contribution in [3.05, 3.63) is 27.7 Å². The van der Waals surface area contributed by atoms with E-state index in [1.165, 1.54) is 12.8 Å². The van der Waals surface area contributed by atoms with Gasteiger partial charge in [0.1, 0.15) is 5.75 Å². The number of halogens is 2. The molecule has 17 heavy (non-hydrogen) atoms. The number of hydrogen-bond donors (Lipinski definition) is 0. The van der Waals surface area contributed by atoms with Crippen LogP contribution in [0.25, 0.3) is 0 Å². The summed E-state index contributed by atoms with van der Waals surface area (Å²) in [6.07, 6.45) is 2.40. The van der Waals surface area contributed by atoms with E-state index in [2.05, 4.69) is 42.8 Å². The molecule has 0 spiro atoms. The number of alkyl halides is 1. The Balaban J connectivity index is 2.76. The maximum atomic E-state index is 5.95. The number of benzene rings is 1. The summed E-state index contributed by atoms with van der Waals surface area (Å²) in [5.41, 5.74) is 2.20. The summed E-state index contributed by atoms with van der Waals surface area (Å²) < 4.78 is 6.98. The molecule has 0 saturated carbocycles. The molecule has 0 radical (unpaired) electrons. The van der Waals surface area contributed by atoms with Crippen molar-refractivity contribution in [2.45, 2.75) is 39.5 Å². The molecule has 0 fully saturated rings. The first-order chi connectivity index (χ1) is 8.08. The van der Waals surface area contributed by atoms with E-state index in [0.717, 1.165) is 28.0 Å². The predicted octanol–water partition coefficient (Wildman–Crippen LogP) is 5.31. The lowest BCUT2D eigenvalue weighted by Gasteiger charge is -2.16. The lowest BCUT2D eigenvalue weighted by atomic mass is 10.1. The number of ether oxygens (including phenoxy) is 1. The molecule has 1 atom stereocenters. The highest BCUT2D eigenvalue weighted by Crippen LogP contribution is 2.29. The smallest absolute Gasteiger partial charge is 0.126 e. The van der Waals surface area contributed by atoms with Crippen molar-refractivity contribution in [3.63, 3.8) is 0 Å². The van der Waals surface area contributed by atoms with Crippen molar-refractivity contribution in [2.24, 2.45) is 5.92 Å². The Morgan fingerprint density at radius 2 is 2.12 bits per heavy atom. The van der Waals surface area contributed by atoms with Crippen LogP contribution >= 0.6 is 27.5 Å². The molecule has 0 aliphatic rings. The van der Waals surface area contributed by atoms with E-state index in [1.807, 2.05) is 6.07 Å². The SMILES string of the molecule is CCCC(C)COc1c(C)cc(Br)cc1CCl. The van der Waals surface area contributed by atoms with Crippen LogP contribution in [0.15, 0.2) is 16.6 Å². The molecule has 3 heteroatoms. The molecule has 0 bridgehead atoms. The molecule has 1 rings (SSSR count). The van der Waals surface area contributed by atoms with Crippen molar-refractivity contribution < 1.29 is 4.74 Å². The van der Waals surface area contributed by atoms with Crippen molar-refractivity contribution in [1.29, 1.82) is 0 Å². The molecule has 0 N–H and O–H groups in total. The molecule has 0 aliphatic heterocycles. The zero-order valence-electron chi connectivity index (χ0n) is 10.7. The van der Waals surface area contributed by atoms with Crippen LogP contribution in [-0.4, -0.2) is 6.61 Å². The van der Waals surface area contributed by atoms with Crippen LogP contribution < -0.4 is 4.74 Å². The highest BCUT2D eigenvalue weighted by atomic mass is 79.9. The minimum absolute atomic E-state index is 0.484. The molecule has 0 aliphatic carbocycles. The monoisotopic (exact) mass is 318 g/mol. The fraction of sp³-hybridized carbons (Fsp3) is 0.571. The zero-order chi connectivity index (χ0) is 12.8. The molecule has 0 heterocycles. The highest BCUT2D eigenvalue weighted by molar-refractivity contribution is 9.10. The largest absolute Gasteiger partial charge is 0.493 e. The van der Waals surface area contributed by atoms with E-state index < -0.39 is 0 Å². The predicted molar refractivity (Wildman–Crippen MR) is 78.0 cm³/mol. The zero-order valence-corrected chi connectivity index (χ0v) is 13.1. The molecular weight excluding hydrogens is 300 g/mol. The summed E-state index contributed by atoms with van der Waals surface area (Å²) in [5.74, 6) is 2.02. The van der Waals surface area contributed by atoms with Gasteiger partial charge in [-0.3, -0.25) is 0 Å². The van der Waals surface area contributed by atoms with Gasteiger partial charge in [0.25, 0.3) is 0 Å². The summed E-state index contributed by atoms with van der Waals surface area (Å²) in [7, 11) is 0. The molecular formula is C14H20BrClO. The number of rotatable bonds is 6. The van der Waals surface area contributed by atoms with Crippen LogP contribution in [0.1, 0.15) is 37.8 Å². The van der Waals surface area contributed by atoms with Crippen molar-refractivity contribution >= 4 is 27.5 Å². The average Bonchev–Trinajstić information content (AvgIpc) is 2.27. The second-order valence-electron chi connectivity index (χ2n) is 4.55. The third kappa shape index (κ3) is 4.51. The fourth-order valence-corrected chi connectivity index (χ4v) is 2.73. The Kier molecular flexibility index (Phi) is 6.35. The molecule has 1 unspecified atom stereocenters. The van der Waals surface area contributed by atoms with Crippen LogP contribution in [0.3, 0.4) is 0 Å². The van der Waals surface area contributed by atoms with Gasteiger partial charge in [0.15, 0.2) is 0 Å². The van der Waals surface area contributed by atoms with Gasteiger partial charge in [0, 0.05) is 10.0 Å². The van der Waals surface area contributed by atoms with Gasteiger partial charge in [-0.05, 0) is 37.0 Å². The van der Waals surface area contributed by atoms with E-state index in [-0.39, 0.29) is 0 Å². The maximum Gasteiger partial charge on any atom is 0.126 e. The van der Waals surface area contributed by atoms with Gasteiger partial charge in [0.05, 0.1) is 12.5 Å². The van der Waals surface area contributed by atoms with E-state index in [4.69, 9.17) is 16.3 Å². The van der Waals surface area contributed by atoms with Crippen molar-refractivity contribution in [2.75, 3.05) is 6.61 Å². The summed E-state index contributed by atoms with van der Waals surface area (Å²) in [4.78, 5) is 0. The Morgan fingerprint density at radius 3 is 2.71 bits per heavy atom. The van der Waals surface area contributed by atoms with E-state index in [0.29, 0.717) is 11.8 Å².